The fourth-order valence-corrected chi connectivity index (χ4v) is 1.74. The van der Waals surface area contributed by atoms with Crippen molar-refractivity contribution in [2.75, 3.05) is 26.8 Å². The summed E-state index contributed by atoms with van der Waals surface area (Å²) < 4.78 is 5.34. The van der Waals surface area contributed by atoms with Gasteiger partial charge in [0.2, 0.25) is 0 Å². The monoisotopic (exact) mass is 261 g/mol. The predicted octanol–water partition coefficient (Wildman–Crippen LogP) is 0.827. The molecule has 0 aromatic carbocycles. The van der Waals surface area contributed by atoms with Crippen molar-refractivity contribution in [2.24, 2.45) is 5.10 Å². The molecule has 0 aromatic heterocycles. The topological polar surface area (TPSA) is 53.9 Å². The fraction of sp³-hybridized carbons (Fsp3) is 0.818. The highest BCUT2D eigenvalue weighted by Crippen LogP contribution is 2.04. The molecule has 1 fully saturated rings. The number of halogens is 1. The van der Waals surface area contributed by atoms with E-state index < -0.39 is 5.38 Å². The lowest BCUT2D eigenvalue weighted by Gasteiger charge is -2.22. The maximum atomic E-state index is 11.4. The third-order valence-electron chi connectivity index (χ3n) is 2.57. The van der Waals surface area contributed by atoms with Crippen LogP contribution >= 0.6 is 11.6 Å². The van der Waals surface area contributed by atoms with E-state index in [4.69, 9.17) is 16.3 Å². The number of carbonyl (C=O) groups excluding carboxylic acids is 1. The molecule has 98 valence electrons. The van der Waals surface area contributed by atoms with Crippen molar-refractivity contribution < 1.29 is 9.53 Å². The van der Waals surface area contributed by atoms with Crippen molar-refractivity contribution >= 4 is 23.7 Å². The molecule has 1 heterocycles. The molecule has 1 amide bonds. The summed E-state index contributed by atoms with van der Waals surface area (Å²) in [6, 6.07) is 0.392. The van der Waals surface area contributed by atoms with Crippen molar-refractivity contribution in [1.29, 1.82) is 0 Å². The highest BCUT2D eigenvalue weighted by molar-refractivity contribution is 6.30. The molecular weight excluding hydrogens is 242 g/mol. The van der Waals surface area contributed by atoms with Gasteiger partial charge in [0, 0.05) is 32.5 Å². The molecule has 0 aliphatic carbocycles. The SMILES string of the molecule is CC(Cl)C(=O)N(C)/N=C\CNC1CCCOC1. The number of alkyl halides is 1. The maximum Gasteiger partial charge on any atom is 0.260 e. The van der Waals surface area contributed by atoms with Crippen LogP contribution < -0.4 is 5.32 Å². The minimum atomic E-state index is -0.545. The maximum absolute atomic E-state index is 11.4. The Hall–Kier alpha value is -0.650. The van der Waals surface area contributed by atoms with Crippen molar-refractivity contribution in [1.82, 2.24) is 10.3 Å². The number of nitrogens with one attached hydrogen (secondary N) is 1. The third-order valence-corrected chi connectivity index (χ3v) is 2.76. The average Bonchev–Trinajstić information content (AvgIpc) is 2.34. The second kappa shape index (κ2) is 7.63. The summed E-state index contributed by atoms with van der Waals surface area (Å²) in [4.78, 5) is 11.4. The lowest BCUT2D eigenvalue weighted by atomic mass is 10.1. The van der Waals surface area contributed by atoms with E-state index in [1.807, 2.05) is 0 Å². The Morgan fingerprint density at radius 3 is 3.12 bits per heavy atom. The van der Waals surface area contributed by atoms with Gasteiger partial charge in [-0.1, -0.05) is 0 Å². The van der Waals surface area contributed by atoms with Crippen molar-refractivity contribution in [3.05, 3.63) is 0 Å². The van der Waals surface area contributed by atoms with Crippen LogP contribution in [0.5, 0.6) is 0 Å². The number of rotatable bonds is 5. The van der Waals surface area contributed by atoms with E-state index in [0.29, 0.717) is 12.6 Å². The largest absolute Gasteiger partial charge is 0.380 e. The minimum Gasteiger partial charge on any atom is -0.380 e. The molecule has 0 aromatic rings. The molecule has 6 heteroatoms. The van der Waals surface area contributed by atoms with E-state index >= 15 is 0 Å². The van der Waals surface area contributed by atoms with Crippen LogP contribution in [-0.4, -0.2) is 55.4 Å². The Morgan fingerprint density at radius 2 is 2.53 bits per heavy atom. The van der Waals surface area contributed by atoms with Crippen LogP contribution in [0.2, 0.25) is 0 Å². The number of nitrogens with zero attached hydrogens (tertiary/aromatic N) is 2. The first-order valence-corrected chi connectivity index (χ1v) is 6.30. The van der Waals surface area contributed by atoms with Crippen LogP contribution in [0, 0.1) is 0 Å². The minimum absolute atomic E-state index is 0.205. The first-order valence-electron chi connectivity index (χ1n) is 5.86. The zero-order valence-electron chi connectivity index (χ0n) is 10.4. The Kier molecular flexibility index (Phi) is 6.47. The summed E-state index contributed by atoms with van der Waals surface area (Å²) >= 11 is 5.66. The van der Waals surface area contributed by atoms with Crippen LogP contribution in [0.3, 0.4) is 0 Å². The molecule has 0 spiro atoms. The average molecular weight is 262 g/mol. The van der Waals surface area contributed by atoms with Crippen LogP contribution in [0.1, 0.15) is 19.8 Å². The second-order valence-corrected chi connectivity index (χ2v) is 4.75. The summed E-state index contributed by atoms with van der Waals surface area (Å²) in [5.41, 5.74) is 0. The number of carbonyl (C=O) groups is 1. The molecule has 1 rings (SSSR count). The molecule has 5 nitrogen and oxygen atoms in total. The van der Waals surface area contributed by atoms with Gasteiger partial charge in [-0.15, -0.1) is 11.6 Å². The Bertz CT molecular complexity index is 265. The summed E-state index contributed by atoms with van der Waals surface area (Å²) in [5.74, 6) is -0.205. The highest BCUT2D eigenvalue weighted by atomic mass is 35.5. The Balaban J connectivity index is 2.18. The van der Waals surface area contributed by atoms with Gasteiger partial charge in [0.1, 0.15) is 5.38 Å². The normalized spacial score (nSPS) is 22.6. The van der Waals surface area contributed by atoms with E-state index in [2.05, 4.69) is 10.4 Å². The Morgan fingerprint density at radius 1 is 1.76 bits per heavy atom. The summed E-state index contributed by atoms with van der Waals surface area (Å²) in [6.45, 7) is 3.87. The molecular formula is C11H20ClN3O2. The zero-order valence-corrected chi connectivity index (χ0v) is 11.1. The summed E-state index contributed by atoms with van der Waals surface area (Å²) in [5, 5.41) is 8.02. The van der Waals surface area contributed by atoms with Gasteiger partial charge in [-0.3, -0.25) is 4.79 Å². The number of ether oxygens (including phenoxy) is 1. The van der Waals surface area contributed by atoms with Gasteiger partial charge in [0.05, 0.1) is 6.61 Å². The van der Waals surface area contributed by atoms with Gasteiger partial charge in [-0.2, -0.15) is 5.10 Å². The third kappa shape index (κ3) is 5.48. The standard InChI is InChI=1S/C11H20ClN3O2/c1-9(12)11(16)15(2)14-6-5-13-10-4-3-7-17-8-10/h6,9-10,13H,3-5,7-8H2,1-2H3/b14-6-. The first kappa shape index (κ1) is 14.4. The molecule has 1 saturated heterocycles. The van der Waals surface area contributed by atoms with Gasteiger partial charge in [0.15, 0.2) is 0 Å². The van der Waals surface area contributed by atoms with E-state index in [1.54, 1.807) is 20.2 Å². The van der Waals surface area contributed by atoms with E-state index in [1.165, 1.54) is 5.01 Å². The number of hydrazone groups is 1. The smallest absolute Gasteiger partial charge is 0.260 e. The fourth-order valence-electron chi connectivity index (χ4n) is 1.60. The molecule has 0 radical (unpaired) electrons. The number of hydrogen-bond acceptors (Lipinski definition) is 4. The molecule has 2 atom stereocenters. The van der Waals surface area contributed by atoms with E-state index in [-0.39, 0.29) is 5.91 Å². The molecule has 0 saturated carbocycles. The quantitative estimate of drug-likeness (QED) is 0.453. The number of hydrogen-bond donors (Lipinski definition) is 1. The van der Waals surface area contributed by atoms with Gasteiger partial charge < -0.3 is 10.1 Å². The predicted molar refractivity (Wildman–Crippen MR) is 68.4 cm³/mol. The summed E-state index contributed by atoms with van der Waals surface area (Å²) in [7, 11) is 1.60. The highest BCUT2D eigenvalue weighted by Gasteiger charge is 2.14. The first-order chi connectivity index (χ1) is 8.11. The zero-order chi connectivity index (χ0) is 12.7. The molecule has 1 aliphatic rings. The molecule has 1 aliphatic heterocycles. The van der Waals surface area contributed by atoms with Crippen LogP contribution in [0.25, 0.3) is 0 Å². The van der Waals surface area contributed by atoms with Crippen LogP contribution in [0.4, 0.5) is 0 Å². The van der Waals surface area contributed by atoms with Crippen LogP contribution in [0.15, 0.2) is 5.10 Å². The molecule has 1 N–H and O–H groups in total. The molecule has 17 heavy (non-hydrogen) atoms. The molecule has 2 unspecified atom stereocenters. The Labute approximate surface area is 107 Å². The van der Waals surface area contributed by atoms with Crippen molar-refractivity contribution in [3.63, 3.8) is 0 Å². The van der Waals surface area contributed by atoms with Gasteiger partial charge >= 0.3 is 0 Å². The lowest BCUT2D eigenvalue weighted by Crippen LogP contribution is -2.38. The second-order valence-electron chi connectivity index (χ2n) is 4.10. The molecule has 0 bridgehead atoms. The van der Waals surface area contributed by atoms with E-state index in [0.717, 1.165) is 26.1 Å². The van der Waals surface area contributed by atoms with Gasteiger partial charge in [0.25, 0.3) is 5.91 Å². The lowest BCUT2D eigenvalue weighted by molar-refractivity contribution is -0.129. The van der Waals surface area contributed by atoms with Crippen molar-refractivity contribution in [3.8, 4) is 0 Å². The van der Waals surface area contributed by atoms with Gasteiger partial charge in [-0.05, 0) is 19.8 Å². The van der Waals surface area contributed by atoms with Gasteiger partial charge in [-0.25, -0.2) is 5.01 Å². The van der Waals surface area contributed by atoms with E-state index in [9.17, 15) is 4.79 Å². The van der Waals surface area contributed by atoms with Crippen LogP contribution in [-0.2, 0) is 9.53 Å². The summed E-state index contributed by atoms with van der Waals surface area (Å²) in [6.07, 6.45) is 3.89. The number of amides is 1. The van der Waals surface area contributed by atoms with Crippen molar-refractivity contribution in [2.45, 2.75) is 31.2 Å².